The molecule has 0 spiro atoms. The summed E-state index contributed by atoms with van der Waals surface area (Å²) in [6.45, 7) is 0. The van der Waals surface area contributed by atoms with Crippen LogP contribution in [-0.2, 0) is 5.88 Å². The number of carbonyl (C=O) groups is 1. The normalized spacial score (nSPS) is 10.3. The second-order valence-corrected chi connectivity index (χ2v) is 4.15. The number of anilines is 1. The summed E-state index contributed by atoms with van der Waals surface area (Å²) < 4.78 is 26.4. The van der Waals surface area contributed by atoms with Crippen LogP contribution in [0.25, 0.3) is 0 Å². The molecule has 0 aliphatic rings. The number of hydrogen-bond acceptors (Lipinski definition) is 1. The molecule has 0 radical (unpaired) electrons. The molecule has 0 aromatic heterocycles. The summed E-state index contributed by atoms with van der Waals surface area (Å²) in [5.74, 6) is -2.54. The number of hydrogen-bond donors (Lipinski definition) is 1. The molecule has 2 rings (SSSR count). The minimum Gasteiger partial charge on any atom is -0.322 e. The van der Waals surface area contributed by atoms with Crippen molar-refractivity contribution >= 4 is 23.2 Å². The molecule has 0 atom stereocenters. The van der Waals surface area contributed by atoms with Crippen molar-refractivity contribution in [1.82, 2.24) is 0 Å². The van der Waals surface area contributed by atoms with Gasteiger partial charge >= 0.3 is 0 Å². The van der Waals surface area contributed by atoms with E-state index in [1.165, 1.54) is 12.1 Å². The van der Waals surface area contributed by atoms with Gasteiger partial charge in [0.05, 0.1) is 5.56 Å². The largest absolute Gasteiger partial charge is 0.322 e. The molecule has 0 unspecified atom stereocenters. The standard InChI is InChI=1S/C14H10ClF2NO/c15-8-9-4-6-10(7-5-9)18-14(19)11-2-1-3-12(16)13(11)17/h1-7H,8H2,(H,18,19). The first kappa shape index (κ1) is 13.5. The zero-order valence-corrected chi connectivity index (χ0v) is 10.5. The van der Waals surface area contributed by atoms with Crippen LogP contribution >= 0.6 is 11.6 Å². The van der Waals surface area contributed by atoms with E-state index < -0.39 is 17.5 Å². The molecule has 0 aliphatic carbocycles. The van der Waals surface area contributed by atoms with Crippen molar-refractivity contribution in [2.75, 3.05) is 5.32 Å². The Kier molecular flexibility index (Phi) is 4.12. The third kappa shape index (κ3) is 3.09. The van der Waals surface area contributed by atoms with Crippen molar-refractivity contribution in [3.05, 3.63) is 65.2 Å². The fourth-order valence-corrected chi connectivity index (χ4v) is 1.73. The van der Waals surface area contributed by atoms with E-state index in [1.54, 1.807) is 24.3 Å². The predicted octanol–water partition coefficient (Wildman–Crippen LogP) is 3.96. The highest BCUT2D eigenvalue weighted by atomic mass is 35.5. The van der Waals surface area contributed by atoms with Crippen molar-refractivity contribution in [2.45, 2.75) is 5.88 Å². The van der Waals surface area contributed by atoms with Crippen LogP contribution in [0.15, 0.2) is 42.5 Å². The molecule has 2 aromatic rings. The lowest BCUT2D eigenvalue weighted by Gasteiger charge is -2.07. The molecule has 0 saturated carbocycles. The molecule has 2 nitrogen and oxygen atoms in total. The summed E-state index contributed by atoms with van der Waals surface area (Å²) in [5, 5.41) is 2.49. The van der Waals surface area contributed by atoms with Crippen LogP contribution in [0.4, 0.5) is 14.5 Å². The van der Waals surface area contributed by atoms with Gasteiger partial charge in [-0.15, -0.1) is 11.6 Å². The Morgan fingerprint density at radius 3 is 2.42 bits per heavy atom. The quantitative estimate of drug-likeness (QED) is 0.848. The highest BCUT2D eigenvalue weighted by molar-refractivity contribution is 6.17. The number of alkyl halides is 1. The first-order chi connectivity index (χ1) is 9.11. The number of amides is 1. The highest BCUT2D eigenvalue weighted by Gasteiger charge is 2.14. The second kappa shape index (κ2) is 5.80. The zero-order valence-electron chi connectivity index (χ0n) is 9.79. The van der Waals surface area contributed by atoms with Crippen molar-refractivity contribution < 1.29 is 13.6 Å². The van der Waals surface area contributed by atoms with E-state index in [-0.39, 0.29) is 5.56 Å². The van der Waals surface area contributed by atoms with Gasteiger partial charge in [0.15, 0.2) is 11.6 Å². The predicted molar refractivity (Wildman–Crippen MR) is 70.3 cm³/mol. The Morgan fingerprint density at radius 2 is 1.79 bits per heavy atom. The molecule has 2 aromatic carbocycles. The number of benzene rings is 2. The fourth-order valence-electron chi connectivity index (χ4n) is 1.55. The van der Waals surface area contributed by atoms with Gasteiger partial charge in [-0.25, -0.2) is 8.78 Å². The molecule has 0 aliphatic heterocycles. The Balaban J connectivity index is 2.18. The summed E-state index contributed by atoms with van der Waals surface area (Å²) in [4.78, 5) is 11.8. The summed E-state index contributed by atoms with van der Waals surface area (Å²) in [6, 6.07) is 10.2. The van der Waals surface area contributed by atoms with Gasteiger partial charge in [-0.2, -0.15) is 0 Å². The Labute approximate surface area is 114 Å². The monoisotopic (exact) mass is 281 g/mol. The summed E-state index contributed by atoms with van der Waals surface area (Å²) in [7, 11) is 0. The number of carbonyl (C=O) groups excluding carboxylic acids is 1. The number of nitrogens with one attached hydrogen (secondary N) is 1. The van der Waals surface area contributed by atoms with E-state index in [2.05, 4.69) is 5.32 Å². The maximum atomic E-state index is 13.4. The maximum absolute atomic E-state index is 13.4. The number of rotatable bonds is 3. The molecule has 5 heteroatoms. The molecule has 1 N–H and O–H groups in total. The highest BCUT2D eigenvalue weighted by Crippen LogP contribution is 2.15. The lowest BCUT2D eigenvalue weighted by Crippen LogP contribution is -2.14. The van der Waals surface area contributed by atoms with Gasteiger partial charge in [-0.1, -0.05) is 18.2 Å². The Hall–Kier alpha value is -1.94. The van der Waals surface area contributed by atoms with Crippen LogP contribution in [0.2, 0.25) is 0 Å². The molecule has 98 valence electrons. The van der Waals surface area contributed by atoms with Gasteiger partial charge < -0.3 is 5.32 Å². The molecular formula is C14H10ClF2NO. The van der Waals surface area contributed by atoms with Crippen molar-refractivity contribution in [1.29, 1.82) is 0 Å². The molecule has 0 saturated heterocycles. The summed E-state index contributed by atoms with van der Waals surface area (Å²) in [6.07, 6.45) is 0. The molecule has 0 heterocycles. The van der Waals surface area contributed by atoms with Crippen molar-refractivity contribution in [3.63, 3.8) is 0 Å². The average Bonchev–Trinajstić information content (AvgIpc) is 2.42. The van der Waals surface area contributed by atoms with Crippen LogP contribution in [0.1, 0.15) is 15.9 Å². The minimum atomic E-state index is -1.16. The SMILES string of the molecule is O=C(Nc1ccc(CCl)cc1)c1cccc(F)c1F. The first-order valence-corrected chi connectivity index (χ1v) is 6.05. The zero-order chi connectivity index (χ0) is 13.8. The second-order valence-electron chi connectivity index (χ2n) is 3.89. The Morgan fingerprint density at radius 1 is 1.11 bits per heavy atom. The van der Waals surface area contributed by atoms with Gasteiger partial charge in [-0.05, 0) is 29.8 Å². The number of halogens is 3. The molecule has 19 heavy (non-hydrogen) atoms. The van der Waals surface area contributed by atoms with Gasteiger partial charge in [0.1, 0.15) is 0 Å². The molecule has 0 bridgehead atoms. The van der Waals surface area contributed by atoms with Crippen molar-refractivity contribution in [2.24, 2.45) is 0 Å². The van der Waals surface area contributed by atoms with Crippen LogP contribution in [0.5, 0.6) is 0 Å². The maximum Gasteiger partial charge on any atom is 0.258 e. The van der Waals surface area contributed by atoms with E-state index >= 15 is 0 Å². The Bertz CT molecular complexity index is 599. The smallest absolute Gasteiger partial charge is 0.258 e. The molecule has 0 fully saturated rings. The van der Waals surface area contributed by atoms with E-state index in [0.29, 0.717) is 11.6 Å². The van der Waals surface area contributed by atoms with Gasteiger partial charge in [0.2, 0.25) is 0 Å². The minimum absolute atomic E-state index is 0.332. The van der Waals surface area contributed by atoms with E-state index in [4.69, 9.17) is 11.6 Å². The van der Waals surface area contributed by atoms with Crippen LogP contribution in [0.3, 0.4) is 0 Å². The van der Waals surface area contributed by atoms with Crippen molar-refractivity contribution in [3.8, 4) is 0 Å². The summed E-state index contributed by atoms with van der Waals surface area (Å²) in [5.41, 5.74) is 1.06. The topological polar surface area (TPSA) is 29.1 Å². The first-order valence-electron chi connectivity index (χ1n) is 5.52. The summed E-state index contributed by atoms with van der Waals surface area (Å²) >= 11 is 5.64. The lowest BCUT2D eigenvalue weighted by atomic mass is 10.1. The van der Waals surface area contributed by atoms with E-state index in [0.717, 1.165) is 11.6 Å². The molecular weight excluding hydrogens is 272 g/mol. The van der Waals surface area contributed by atoms with Crippen LogP contribution in [-0.4, -0.2) is 5.91 Å². The van der Waals surface area contributed by atoms with Gasteiger partial charge in [0.25, 0.3) is 5.91 Å². The van der Waals surface area contributed by atoms with Gasteiger partial charge in [-0.3, -0.25) is 4.79 Å². The third-order valence-electron chi connectivity index (χ3n) is 2.56. The average molecular weight is 282 g/mol. The fraction of sp³-hybridized carbons (Fsp3) is 0.0714. The molecule has 1 amide bonds. The van der Waals surface area contributed by atoms with E-state index in [9.17, 15) is 13.6 Å². The van der Waals surface area contributed by atoms with E-state index in [1.807, 2.05) is 0 Å². The van der Waals surface area contributed by atoms with Crippen LogP contribution in [0, 0.1) is 11.6 Å². The third-order valence-corrected chi connectivity index (χ3v) is 2.87. The van der Waals surface area contributed by atoms with Crippen LogP contribution < -0.4 is 5.32 Å². The van der Waals surface area contributed by atoms with Gasteiger partial charge in [0, 0.05) is 11.6 Å². The lowest BCUT2D eigenvalue weighted by molar-refractivity contribution is 0.102.